The smallest absolute Gasteiger partial charge is 0.354 e. The maximum Gasteiger partial charge on any atom is 0.354 e. The first kappa shape index (κ1) is 10.1. The minimum absolute atomic E-state index is 0.0273. The molecule has 0 aliphatic carbocycles. The molecule has 0 radical (unpaired) electrons. The van der Waals surface area contributed by atoms with Crippen LogP contribution in [-0.2, 0) is 0 Å². The second kappa shape index (κ2) is 4.87. The van der Waals surface area contributed by atoms with E-state index in [0.717, 1.165) is 0 Å². The SMILES string of the molecule is CC#CCNc1ccnc(C(=O)O)c1. The fraction of sp³-hybridized carbons (Fsp3) is 0.200. The molecule has 4 nitrogen and oxygen atoms in total. The number of hydrogen-bond acceptors (Lipinski definition) is 3. The van der Waals surface area contributed by atoms with Crippen molar-refractivity contribution in [3.63, 3.8) is 0 Å². The molecule has 0 spiro atoms. The van der Waals surface area contributed by atoms with Crippen LogP contribution >= 0.6 is 0 Å². The lowest BCUT2D eigenvalue weighted by molar-refractivity contribution is 0.0690. The molecule has 1 rings (SSSR count). The summed E-state index contributed by atoms with van der Waals surface area (Å²) < 4.78 is 0. The average Bonchev–Trinajstić information content (AvgIpc) is 2.19. The summed E-state index contributed by atoms with van der Waals surface area (Å²) >= 11 is 0. The highest BCUT2D eigenvalue weighted by Crippen LogP contribution is 2.06. The van der Waals surface area contributed by atoms with Crippen molar-refractivity contribution in [2.45, 2.75) is 6.92 Å². The first-order chi connectivity index (χ1) is 6.74. The van der Waals surface area contributed by atoms with E-state index in [4.69, 9.17) is 5.11 Å². The number of nitrogens with one attached hydrogen (secondary N) is 1. The monoisotopic (exact) mass is 190 g/mol. The molecule has 14 heavy (non-hydrogen) atoms. The number of aromatic nitrogens is 1. The van der Waals surface area contributed by atoms with E-state index >= 15 is 0 Å². The number of pyridine rings is 1. The minimum Gasteiger partial charge on any atom is -0.477 e. The minimum atomic E-state index is -1.03. The Bertz CT molecular complexity index is 391. The highest BCUT2D eigenvalue weighted by molar-refractivity contribution is 5.86. The van der Waals surface area contributed by atoms with Crippen LogP contribution in [0, 0.1) is 11.8 Å². The number of rotatable bonds is 3. The summed E-state index contributed by atoms with van der Waals surface area (Å²) in [5.74, 6) is 4.52. The van der Waals surface area contributed by atoms with Crippen LogP contribution in [0.3, 0.4) is 0 Å². The summed E-state index contributed by atoms with van der Waals surface area (Å²) in [5, 5.41) is 11.6. The first-order valence-electron chi connectivity index (χ1n) is 4.07. The van der Waals surface area contributed by atoms with Crippen LogP contribution in [0.1, 0.15) is 17.4 Å². The summed E-state index contributed by atoms with van der Waals surface area (Å²) in [4.78, 5) is 14.3. The molecule has 1 aromatic heterocycles. The third-order valence-electron chi connectivity index (χ3n) is 1.54. The number of carboxylic acid groups (broad SMARTS) is 1. The van der Waals surface area contributed by atoms with Gasteiger partial charge in [-0.1, -0.05) is 5.92 Å². The van der Waals surface area contributed by atoms with Gasteiger partial charge in [0.25, 0.3) is 0 Å². The van der Waals surface area contributed by atoms with Crippen molar-refractivity contribution >= 4 is 11.7 Å². The number of hydrogen-bond donors (Lipinski definition) is 2. The largest absolute Gasteiger partial charge is 0.477 e. The molecule has 4 heteroatoms. The topological polar surface area (TPSA) is 62.2 Å². The molecular weight excluding hydrogens is 180 g/mol. The van der Waals surface area contributed by atoms with Crippen LogP contribution in [0.4, 0.5) is 5.69 Å². The third-order valence-corrected chi connectivity index (χ3v) is 1.54. The zero-order chi connectivity index (χ0) is 10.4. The van der Waals surface area contributed by atoms with Crippen LogP contribution in [0.2, 0.25) is 0 Å². The predicted octanol–water partition coefficient (Wildman–Crippen LogP) is 1.22. The van der Waals surface area contributed by atoms with Crippen molar-refractivity contribution in [1.29, 1.82) is 0 Å². The molecule has 0 bridgehead atoms. The Hall–Kier alpha value is -2.02. The average molecular weight is 190 g/mol. The Labute approximate surface area is 82.0 Å². The predicted molar refractivity (Wildman–Crippen MR) is 53.1 cm³/mol. The lowest BCUT2D eigenvalue weighted by Gasteiger charge is -2.01. The van der Waals surface area contributed by atoms with E-state index in [1.807, 2.05) is 0 Å². The van der Waals surface area contributed by atoms with Gasteiger partial charge >= 0.3 is 5.97 Å². The number of nitrogens with zero attached hydrogens (tertiary/aromatic N) is 1. The standard InChI is InChI=1S/C10H10N2O2/c1-2-3-5-11-8-4-6-12-9(7-8)10(13)14/h4,6-7H,5H2,1H3,(H,11,12)(H,13,14). The Morgan fingerprint density at radius 1 is 1.71 bits per heavy atom. The van der Waals surface area contributed by atoms with Gasteiger partial charge in [-0.05, 0) is 19.1 Å². The van der Waals surface area contributed by atoms with Gasteiger partial charge in [-0.25, -0.2) is 9.78 Å². The Morgan fingerprint density at radius 3 is 3.14 bits per heavy atom. The molecule has 0 fully saturated rings. The fourth-order valence-corrected chi connectivity index (χ4v) is 0.892. The zero-order valence-electron chi connectivity index (χ0n) is 7.74. The quantitative estimate of drug-likeness (QED) is 0.703. The van der Waals surface area contributed by atoms with Crippen LogP contribution in [0.25, 0.3) is 0 Å². The second-order valence-corrected chi connectivity index (χ2v) is 2.52. The lowest BCUT2D eigenvalue weighted by Crippen LogP contribution is -2.03. The summed E-state index contributed by atoms with van der Waals surface area (Å²) in [5.41, 5.74) is 0.736. The molecule has 2 N–H and O–H groups in total. The number of aromatic carboxylic acids is 1. The van der Waals surface area contributed by atoms with E-state index < -0.39 is 5.97 Å². The zero-order valence-corrected chi connectivity index (χ0v) is 7.74. The molecule has 0 aliphatic heterocycles. The Kier molecular flexibility index (Phi) is 3.50. The summed E-state index contributed by atoms with van der Waals surface area (Å²) in [6.07, 6.45) is 1.45. The van der Waals surface area contributed by atoms with Gasteiger partial charge in [0, 0.05) is 11.9 Å². The summed E-state index contributed by atoms with van der Waals surface area (Å²) in [7, 11) is 0. The fourth-order valence-electron chi connectivity index (χ4n) is 0.892. The third kappa shape index (κ3) is 2.79. The molecule has 0 aliphatic rings. The normalized spacial score (nSPS) is 8.64. The number of carbonyl (C=O) groups is 1. The molecule has 0 amide bonds. The number of carboxylic acids is 1. The van der Waals surface area contributed by atoms with Crippen molar-refractivity contribution in [3.05, 3.63) is 24.0 Å². The maximum absolute atomic E-state index is 10.6. The van der Waals surface area contributed by atoms with Gasteiger partial charge in [0.2, 0.25) is 0 Å². The van der Waals surface area contributed by atoms with E-state index in [1.54, 1.807) is 13.0 Å². The molecule has 0 aromatic carbocycles. The van der Waals surface area contributed by atoms with Crippen molar-refractivity contribution in [1.82, 2.24) is 4.98 Å². The molecule has 0 saturated carbocycles. The van der Waals surface area contributed by atoms with Crippen molar-refractivity contribution < 1.29 is 9.90 Å². The first-order valence-corrected chi connectivity index (χ1v) is 4.07. The molecular formula is C10H10N2O2. The molecule has 1 aromatic rings. The van der Waals surface area contributed by atoms with Crippen LogP contribution in [-0.4, -0.2) is 22.6 Å². The van der Waals surface area contributed by atoms with Crippen LogP contribution in [0.5, 0.6) is 0 Å². The van der Waals surface area contributed by atoms with Gasteiger partial charge < -0.3 is 10.4 Å². The van der Waals surface area contributed by atoms with E-state index in [9.17, 15) is 4.79 Å². The van der Waals surface area contributed by atoms with E-state index in [0.29, 0.717) is 12.2 Å². The van der Waals surface area contributed by atoms with Crippen molar-refractivity contribution in [2.24, 2.45) is 0 Å². The van der Waals surface area contributed by atoms with Gasteiger partial charge in [-0.3, -0.25) is 0 Å². The van der Waals surface area contributed by atoms with E-state index in [-0.39, 0.29) is 5.69 Å². The van der Waals surface area contributed by atoms with Crippen LogP contribution < -0.4 is 5.32 Å². The molecule has 1 heterocycles. The van der Waals surface area contributed by atoms with Crippen LogP contribution in [0.15, 0.2) is 18.3 Å². The van der Waals surface area contributed by atoms with Gasteiger partial charge in [-0.15, -0.1) is 5.92 Å². The van der Waals surface area contributed by atoms with E-state index in [1.165, 1.54) is 12.3 Å². The highest BCUT2D eigenvalue weighted by Gasteiger charge is 2.03. The Balaban J connectivity index is 2.71. The van der Waals surface area contributed by atoms with Gasteiger partial charge in [0.15, 0.2) is 0 Å². The Morgan fingerprint density at radius 2 is 2.50 bits per heavy atom. The molecule has 0 atom stereocenters. The van der Waals surface area contributed by atoms with Crippen molar-refractivity contribution in [3.8, 4) is 11.8 Å². The molecule has 0 saturated heterocycles. The summed E-state index contributed by atoms with van der Waals surface area (Å²) in [6.45, 7) is 2.25. The van der Waals surface area contributed by atoms with E-state index in [2.05, 4.69) is 22.1 Å². The van der Waals surface area contributed by atoms with Crippen molar-refractivity contribution in [2.75, 3.05) is 11.9 Å². The van der Waals surface area contributed by atoms with Gasteiger partial charge in [0.05, 0.1) is 6.54 Å². The highest BCUT2D eigenvalue weighted by atomic mass is 16.4. The second-order valence-electron chi connectivity index (χ2n) is 2.52. The molecule has 72 valence electrons. The summed E-state index contributed by atoms with van der Waals surface area (Å²) in [6, 6.07) is 3.17. The maximum atomic E-state index is 10.6. The number of anilines is 1. The lowest BCUT2D eigenvalue weighted by atomic mass is 10.3. The van der Waals surface area contributed by atoms with Gasteiger partial charge in [0.1, 0.15) is 5.69 Å². The molecule has 0 unspecified atom stereocenters. The van der Waals surface area contributed by atoms with Gasteiger partial charge in [-0.2, -0.15) is 0 Å².